The molecular formula is C29H24F8O. The Kier molecular flexibility index (Phi) is 8.25. The van der Waals surface area contributed by atoms with E-state index in [4.69, 9.17) is 0 Å². The fraction of sp³-hybridized carbons (Fsp3) is 0.310. The number of rotatable bonds is 6. The van der Waals surface area contributed by atoms with Crippen LogP contribution in [0.3, 0.4) is 0 Å². The third-order valence-corrected chi connectivity index (χ3v) is 6.97. The smallest absolute Gasteiger partial charge is 0.377 e. The van der Waals surface area contributed by atoms with Gasteiger partial charge in [-0.2, -0.15) is 13.2 Å². The first-order chi connectivity index (χ1) is 18.0. The molecule has 0 radical (unpaired) electrons. The van der Waals surface area contributed by atoms with Crippen molar-refractivity contribution in [3.05, 3.63) is 100 Å². The Morgan fingerprint density at radius 3 is 1.84 bits per heavy atom. The van der Waals surface area contributed by atoms with Crippen LogP contribution in [0.4, 0.5) is 35.1 Å². The monoisotopic (exact) mass is 540 g/mol. The van der Waals surface area contributed by atoms with Crippen molar-refractivity contribution in [2.24, 2.45) is 0 Å². The topological polar surface area (TPSA) is 9.23 Å². The SMILES string of the molecule is COC/C(F)=C(\F)c1ccc(-c2ccc(C3CCC(c4cc(F)c(C(F)(F)F)c(F)c4)CC3)c(F)c2)cc1. The fourth-order valence-electron chi connectivity index (χ4n) is 5.03. The van der Waals surface area contributed by atoms with Crippen molar-refractivity contribution in [3.8, 4) is 11.1 Å². The van der Waals surface area contributed by atoms with Crippen molar-refractivity contribution >= 4 is 5.83 Å². The van der Waals surface area contributed by atoms with Crippen molar-refractivity contribution in [2.75, 3.05) is 13.7 Å². The molecular weight excluding hydrogens is 516 g/mol. The Morgan fingerprint density at radius 1 is 0.763 bits per heavy atom. The Bertz CT molecular complexity index is 1300. The van der Waals surface area contributed by atoms with Crippen molar-refractivity contribution < 1.29 is 39.9 Å². The third kappa shape index (κ3) is 5.93. The molecule has 0 N–H and O–H groups in total. The molecule has 202 valence electrons. The zero-order chi connectivity index (χ0) is 27.6. The summed E-state index contributed by atoms with van der Waals surface area (Å²) in [7, 11) is 1.25. The minimum absolute atomic E-state index is 0.0324. The minimum Gasteiger partial charge on any atom is -0.377 e. The quantitative estimate of drug-likeness (QED) is 0.283. The van der Waals surface area contributed by atoms with Gasteiger partial charge < -0.3 is 4.74 Å². The van der Waals surface area contributed by atoms with E-state index in [1.165, 1.54) is 25.3 Å². The van der Waals surface area contributed by atoms with E-state index in [2.05, 4.69) is 4.74 Å². The maximum Gasteiger partial charge on any atom is 0.422 e. The molecule has 0 saturated heterocycles. The van der Waals surface area contributed by atoms with E-state index < -0.39 is 47.5 Å². The van der Waals surface area contributed by atoms with Gasteiger partial charge in [0.25, 0.3) is 0 Å². The van der Waals surface area contributed by atoms with Gasteiger partial charge in [0.1, 0.15) is 29.6 Å². The van der Waals surface area contributed by atoms with Crippen LogP contribution >= 0.6 is 0 Å². The first-order valence-corrected chi connectivity index (χ1v) is 12.0. The lowest BCUT2D eigenvalue weighted by atomic mass is 9.75. The van der Waals surface area contributed by atoms with Gasteiger partial charge in [-0.15, -0.1) is 0 Å². The molecule has 1 aliphatic carbocycles. The molecule has 1 aliphatic rings. The summed E-state index contributed by atoms with van der Waals surface area (Å²) < 4.78 is 114. The Morgan fingerprint density at radius 2 is 1.32 bits per heavy atom. The molecule has 0 atom stereocenters. The highest BCUT2D eigenvalue weighted by Crippen LogP contribution is 2.43. The maximum atomic E-state index is 15.1. The van der Waals surface area contributed by atoms with Crippen molar-refractivity contribution in [3.63, 3.8) is 0 Å². The van der Waals surface area contributed by atoms with Crippen molar-refractivity contribution in [1.29, 1.82) is 0 Å². The zero-order valence-electron chi connectivity index (χ0n) is 20.3. The molecule has 0 bridgehead atoms. The number of hydrogen-bond donors (Lipinski definition) is 0. The predicted molar refractivity (Wildman–Crippen MR) is 128 cm³/mol. The summed E-state index contributed by atoms with van der Waals surface area (Å²) in [5.41, 5.74) is -0.0713. The Hall–Kier alpha value is -3.20. The molecule has 1 saturated carbocycles. The highest BCUT2D eigenvalue weighted by molar-refractivity contribution is 5.68. The summed E-state index contributed by atoms with van der Waals surface area (Å²) in [6, 6.07) is 12.1. The number of halogens is 8. The molecule has 9 heteroatoms. The maximum absolute atomic E-state index is 15.1. The number of methoxy groups -OCH3 is 1. The normalized spacial score (nSPS) is 18.9. The van der Waals surface area contributed by atoms with Crippen LogP contribution < -0.4 is 0 Å². The van der Waals surface area contributed by atoms with Crippen LogP contribution in [0.15, 0.2) is 60.4 Å². The van der Waals surface area contributed by atoms with Gasteiger partial charge in [-0.25, -0.2) is 22.0 Å². The highest BCUT2D eigenvalue weighted by atomic mass is 19.4. The Labute approximate surface area is 214 Å². The lowest BCUT2D eigenvalue weighted by Gasteiger charge is -2.29. The van der Waals surface area contributed by atoms with Crippen molar-refractivity contribution in [1.82, 2.24) is 0 Å². The van der Waals surface area contributed by atoms with Crippen LogP contribution in [0.5, 0.6) is 0 Å². The second kappa shape index (κ2) is 11.3. The molecule has 4 rings (SSSR count). The molecule has 0 amide bonds. The van der Waals surface area contributed by atoms with Gasteiger partial charge in [-0.1, -0.05) is 36.4 Å². The Balaban J connectivity index is 1.45. The molecule has 0 aliphatic heterocycles. The molecule has 3 aromatic carbocycles. The first-order valence-electron chi connectivity index (χ1n) is 12.0. The predicted octanol–water partition coefficient (Wildman–Crippen LogP) is 9.49. The van der Waals surface area contributed by atoms with Gasteiger partial charge in [0, 0.05) is 12.7 Å². The molecule has 0 spiro atoms. The van der Waals surface area contributed by atoms with E-state index in [-0.39, 0.29) is 23.0 Å². The van der Waals surface area contributed by atoms with Crippen LogP contribution in [0.25, 0.3) is 17.0 Å². The van der Waals surface area contributed by atoms with Crippen LogP contribution in [0.2, 0.25) is 0 Å². The summed E-state index contributed by atoms with van der Waals surface area (Å²) in [4.78, 5) is 0. The fourth-order valence-corrected chi connectivity index (χ4v) is 5.03. The van der Waals surface area contributed by atoms with Gasteiger partial charge in [-0.05, 0) is 78.0 Å². The van der Waals surface area contributed by atoms with Crippen LogP contribution in [0.1, 0.15) is 59.8 Å². The van der Waals surface area contributed by atoms with E-state index in [1.807, 2.05) is 0 Å². The molecule has 0 heterocycles. The lowest BCUT2D eigenvalue weighted by Crippen LogP contribution is -2.16. The van der Waals surface area contributed by atoms with E-state index in [0.717, 1.165) is 12.1 Å². The summed E-state index contributed by atoms with van der Waals surface area (Å²) in [6.45, 7) is -0.486. The number of benzene rings is 3. The third-order valence-electron chi connectivity index (χ3n) is 6.97. The van der Waals surface area contributed by atoms with Crippen LogP contribution in [-0.4, -0.2) is 13.7 Å². The lowest BCUT2D eigenvalue weighted by molar-refractivity contribution is -0.142. The zero-order valence-corrected chi connectivity index (χ0v) is 20.3. The molecule has 1 fully saturated rings. The second-order valence-corrected chi connectivity index (χ2v) is 9.37. The summed E-state index contributed by atoms with van der Waals surface area (Å²) in [5, 5.41) is 0. The van der Waals surface area contributed by atoms with E-state index in [1.54, 1.807) is 24.3 Å². The average molecular weight is 540 g/mol. The second-order valence-electron chi connectivity index (χ2n) is 9.37. The summed E-state index contributed by atoms with van der Waals surface area (Å²) in [6.07, 6.45) is -3.24. The van der Waals surface area contributed by atoms with Crippen molar-refractivity contribution in [2.45, 2.75) is 43.7 Å². The van der Waals surface area contributed by atoms with Gasteiger partial charge >= 0.3 is 6.18 Å². The summed E-state index contributed by atoms with van der Waals surface area (Å²) in [5.74, 6) is -6.27. The highest BCUT2D eigenvalue weighted by Gasteiger charge is 2.38. The largest absolute Gasteiger partial charge is 0.422 e. The molecule has 1 nitrogen and oxygen atoms in total. The minimum atomic E-state index is -5.12. The van der Waals surface area contributed by atoms with Crippen LogP contribution in [0, 0.1) is 17.5 Å². The van der Waals surface area contributed by atoms with E-state index in [0.29, 0.717) is 42.4 Å². The van der Waals surface area contributed by atoms with Gasteiger partial charge in [0.15, 0.2) is 11.7 Å². The number of ether oxygens (including phenoxy) is 1. The molecule has 38 heavy (non-hydrogen) atoms. The summed E-state index contributed by atoms with van der Waals surface area (Å²) >= 11 is 0. The number of hydrogen-bond acceptors (Lipinski definition) is 1. The van der Waals surface area contributed by atoms with Gasteiger partial charge in [0.05, 0.1) is 0 Å². The standard InChI is InChI=1S/C29H24F8O/c1-38-15-26(33)28(34)19-8-4-16(5-9-19)20-10-11-22(23(30)12-20)18-6-2-17(3-7-18)21-13-24(31)27(25(32)14-21)29(35,36)37/h4-5,8-14,17-18H,2-3,6-7,15H2,1H3/b28-26+. The van der Waals surface area contributed by atoms with Gasteiger partial charge in [0.2, 0.25) is 0 Å². The van der Waals surface area contributed by atoms with E-state index in [9.17, 15) is 30.7 Å². The molecule has 0 aromatic heterocycles. The number of alkyl halides is 3. The van der Waals surface area contributed by atoms with E-state index >= 15 is 4.39 Å². The molecule has 3 aromatic rings. The molecule has 0 unspecified atom stereocenters. The van der Waals surface area contributed by atoms with Gasteiger partial charge in [-0.3, -0.25) is 0 Å². The average Bonchev–Trinajstić information content (AvgIpc) is 2.87. The first kappa shape index (κ1) is 27.8. The van der Waals surface area contributed by atoms with Crippen LogP contribution in [-0.2, 0) is 10.9 Å².